The molecule has 188 valence electrons. The first-order chi connectivity index (χ1) is 17.3. The van der Waals surface area contributed by atoms with Crippen LogP contribution in [0.2, 0.25) is 5.15 Å². The van der Waals surface area contributed by atoms with Crippen LogP contribution in [-0.4, -0.2) is 50.5 Å². The van der Waals surface area contributed by atoms with E-state index in [1.54, 1.807) is 31.4 Å². The monoisotopic (exact) mass is 525 g/mol. The maximum Gasteiger partial charge on any atom is 0.268 e. The molecular formula is C26H28ClN5O3S. The fraction of sp³-hybridized carbons (Fsp3) is 0.308. The number of rotatable bonds is 10. The van der Waals surface area contributed by atoms with Gasteiger partial charge in [-0.3, -0.25) is 9.59 Å². The molecule has 36 heavy (non-hydrogen) atoms. The molecule has 0 bridgehead atoms. The van der Waals surface area contributed by atoms with Crippen molar-refractivity contribution in [2.75, 3.05) is 13.6 Å². The molecule has 0 radical (unpaired) electrons. The Morgan fingerprint density at radius 3 is 2.69 bits per heavy atom. The number of nitrogens with zero attached hydrogens (tertiary/aromatic N) is 3. The van der Waals surface area contributed by atoms with Gasteiger partial charge in [-0.25, -0.2) is 9.97 Å². The first kappa shape index (κ1) is 26.0. The number of H-pyrrole nitrogens is 1. The number of carbonyl (C=O) groups excluding carboxylic acids is 1. The Bertz CT molecular complexity index is 1370. The van der Waals surface area contributed by atoms with Gasteiger partial charge < -0.3 is 20.3 Å². The van der Waals surface area contributed by atoms with Crippen LogP contribution in [0.3, 0.4) is 0 Å². The highest BCUT2D eigenvalue weighted by molar-refractivity contribution is 7.17. The van der Waals surface area contributed by atoms with Crippen molar-refractivity contribution in [3.63, 3.8) is 0 Å². The molecule has 1 aromatic carbocycles. The molecule has 0 aliphatic heterocycles. The number of carbonyl (C=O) groups is 1. The Morgan fingerprint density at radius 1 is 1.22 bits per heavy atom. The standard InChI is InChI=1S/C26H28ClN5O3S/c1-3-19(28-14-21(33)18-8-9-22(27)29-13-18)12-16-4-6-17(7-5-16)26(35)32(2)15-23-30-20-10-11-36-24(20)25(34)31-23/h4-11,13,19,21,28,33H,3,12,14-15H2,1-2H3,(H,30,31,34). The highest BCUT2D eigenvalue weighted by atomic mass is 35.5. The quantitative estimate of drug-likeness (QED) is 0.270. The van der Waals surface area contributed by atoms with Gasteiger partial charge in [0.15, 0.2) is 0 Å². The van der Waals surface area contributed by atoms with Crippen LogP contribution in [0.15, 0.2) is 58.8 Å². The molecule has 2 atom stereocenters. The Hall–Kier alpha value is -3.11. The van der Waals surface area contributed by atoms with Gasteiger partial charge in [0.1, 0.15) is 15.7 Å². The van der Waals surface area contributed by atoms with E-state index in [-0.39, 0.29) is 24.1 Å². The molecule has 3 aromatic heterocycles. The maximum atomic E-state index is 12.9. The third-order valence-corrected chi connectivity index (χ3v) is 7.13. The van der Waals surface area contributed by atoms with E-state index in [4.69, 9.17) is 11.6 Å². The number of thiophene rings is 1. The molecule has 0 spiro atoms. The Balaban J connectivity index is 1.33. The Labute approximate surface area is 218 Å². The molecular weight excluding hydrogens is 498 g/mol. The molecule has 2 unspecified atom stereocenters. The molecule has 8 nitrogen and oxygen atoms in total. The molecule has 4 aromatic rings. The number of benzene rings is 1. The van der Waals surface area contributed by atoms with Crippen molar-refractivity contribution in [2.24, 2.45) is 0 Å². The van der Waals surface area contributed by atoms with Gasteiger partial charge in [0.2, 0.25) is 0 Å². The van der Waals surface area contributed by atoms with Gasteiger partial charge in [0, 0.05) is 37.0 Å². The zero-order valence-electron chi connectivity index (χ0n) is 20.1. The first-order valence-electron chi connectivity index (χ1n) is 11.7. The zero-order chi connectivity index (χ0) is 25.7. The fourth-order valence-corrected chi connectivity index (χ4v) is 4.76. The lowest BCUT2D eigenvalue weighted by atomic mass is 10.0. The molecule has 0 fully saturated rings. The maximum absolute atomic E-state index is 12.9. The van der Waals surface area contributed by atoms with Crippen LogP contribution in [0.4, 0.5) is 0 Å². The van der Waals surface area contributed by atoms with E-state index in [0.29, 0.717) is 38.9 Å². The topological polar surface area (TPSA) is 111 Å². The molecule has 0 aliphatic rings. The average Bonchev–Trinajstić information content (AvgIpc) is 3.36. The Kier molecular flexibility index (Phi) is 8.48. The minimum absolute atomic E-state index is 0.153. The van der Waals surface area contributed by atoms with Crippen molar-refractivity contribution < 1.29 is 9.90 Å². The second kappa shape index (κ2) is 11.7. The summed E-state index contributed by atoms with van der Waals surface area (Å²) >= 11 is 7.16. The summed E-state index contributed by atoms with van der Waals surface area (Å²) in [6.45, 7) is 2.69. The van der Waals surface area contributed by atoms with Gasteiger partial charge in [-0.15, -0.1) is 11.3 Å². The van der Waals surface area contributed by atoms with Gasteiger partial charge in [-0.05, 0) is 48.1 Å². The Morgan fingerprint density at radius 2 is 2.00 bits per heavy atom. The molecule has 3 heterocycles. The number of aromatic nitrogens is 3. The number of pyridine rings is 1. The number of aliphatic hydroxyl groups is 1. The van der Waals surface area contributed by atoms with E-state index in [0.717, 1.165) is 18.4 Å². The van der Waals surface area contributed by atoms with Crippen molar-refractivity contribution in [3.8, 4) is 0 Å². The van der Waals surface area contributed by atoms with Crippen LogP contribution in [0, 0.1) is 0 Å². The first-order valence-corrected chi connectivity index (χ1v) is 12.9. The number of aromatic amines is 1. The molecule has 0 aliphatic carbocycles. The molecule has 0 saturated heterocycles. The fourth-order valence-electron chi connectivity index (χ4n) is 3.92. The number of nitrogens with one attached hydrogen (secondary N) is 2. The second-order valence-corrected chi connectivity index (χ2v) is 9.96. The van der Waals surface area contributed by atoms with Crippen LogP contribution in [0.25, 0.3) is 10.2 Å². The summed E-state index contributed by atoms with van der Waals surface area (Å²) in [4.78, 5) is 37.9. The van der Waals surface area contributed by atoms with Crippen LogP contribution >= 0.6 is 22.9 Å². The van der Waals surface area contributed by atoms with Crippen LogP contribution in [-0.2, 0) is 13.0 Å². The summed E-state index contributed by atoms with van der Waals surface area (Å²) in [5.74, 6) is 0.297. The van der Waals surface area contributed by atoms with Crippen molar-refractivity contribution in [1.82, 2.24) is 25.2 Å². The van der Waals surface area contributed by atoms with Crippen molar-refractivity contribution in [1.29, 1.82) is 0 Å². The van der Waals surface area contributed by atoms with Gasteiger partial charge >= 0.3 is 0 Å². The van der Waals surface area contributed by atoms with E-state index in [2.05, 4.69) is 27.2 Å². The summed E-state index contributed by atoms with van der Waals surface area (Å²) in [7, 11) is 1.69. The zero-order valence-corrected chi connectivity index (χ0v) is 21.6. The molecule has 1 amide bonds. The van der Waals surface area contributed by atoms with Gasteiger partial charge in [-0.1, -0.05) is 36.7 Å². The number of amides is 1. The highest BCUT2D eigenvalue weighted by Crippen LogP contribution is 2.16. The predicted molar refractivity (Wildman–Crippen MR) is 142 cm³/mol. The van der Waals surface area contributed by atoms with E-state index < -0.39 is 6.10 Å². The molecule has 3 N–H and O–H groups in total. The summed E-state index contributed by atoms with van der Waals surface area (Å²) < 4.78 is 0.583. The largest absolute Gasteiger partial charge is 0.387 e. The predicted octanol–water partition coefficient (Wildman–Crippen LogP) is 3.95. The number of halogens is 1. The van der Waals surface area contributed by atoms with Crippen LogP contribution in [0.5, 0.6) is 0 Å². The van der Waals surface area contributed by atoms with Gasteiger partial charge in [0.05, 0.1) is 18.2 Å². The van der Waals surface area contributed by atoms with E-state index in [1.807, 2.05) is 29.6 Å². The van der Waals surface area contributed by atoms with Crippen molar-refractivity contribution in [3.05, 3.63) is 92.1 Å². The second-order valence-electron chi connectivity index (χ2n) is 8.65. The molecule has 0 saturated carbocycles. The lowest BCUT2D eigenvalue weighted by Crippen LogP contribution is -2.34. The normalized spacial score (nSPS) is 13.0. The lowest BCUT2D eigenvalue weighted by Gasteiger charge is -2.20. The van der Waals surface area contributed by atoms with Crippen molar-refractivity contribution in [2.45, 2.75) is 38.5 Å². The summed E-state index contributed by atoms with van der Waals surface area (Å²) in [6, 6.07) is 12.9. The summed E-state index contributed by atoms with van der Waals surface area (Å²) in [5, 5.41) is 16.0. The molecule has 10 heteroatoms. The number of hydrogen-bond acceptors (Lipinski definition) is 7. The van der Waals surface area contributed by atoms with Gasteiger partial charge in [0.25, 0.3) is 11.5 Å². The minimum atomic E-state index is -0.677. The van der Waals surface area contributed by atoms with E-state index in [1.165, 1.54) is 16.2 Å². The number of aliphatic hydroxyl groups excluding tert-OH is 1. The third kappa shape index (κ3) is 6.36. The number of hydrogen-bond donors (Lipinski definition) is 3. The van der Waals surface area contributed by atoms with E-state index >= 15 is 0 Å². The molecule has 4 rings (SSSR count). The number of fused-ring (bicyclic) bond motifs is 1. The van der Waals surface area contributed by atoms with Crippen molar-refractivity contribution >= 4 is 39.1 Å². The third-order valence-electron chi connectivity index (χ3n) is 6.01. The van der Waals surface area contributed by atoms with Crippen LogP contribution in [0.1, 0.15) is 46.8 Å². The van der Waals surface area contributed by atoms with Gasteiger partial charge in [-0.2, -0.15) is 0 Å². The highest BCUT2D eigenvalue weighted by Gasteiger charge is 2.16. The van der Waals surface area contributed by atoms with Crippen LogP contribution < -0.4 is 10.9 Å². The summed E-state index contributed by atoms with van der Waals surface area (Å²) in [6.07, 6.45) is 2.55. The average molecular weight is 526 g/mol. The SMILES string of the molecule is CCC(Cc1ccc(C(=O)N(C)Cc2nc3ccsc3c(=O)[nH]2)cc1)NCC(O)c1ccc(Cl)nc1. The summed E-state index contributed by atoms with van der Waals surface area (Å²) in [5.41, 5.74) is 2.81. The smallest absolute Gasteiger partial charge is 0.268 e. The minimum Gasteiger partial charge on any atom is -0.387 e. The lowest BCUT2D eigenvalue weighted by molar-refractivity contribution is 0.0781. The van der Waals surface area contributed by atoms with E-state index in [9.17, 15) is 14.7 Å².